The normalized spacial score (nSPS) is 21.6. The van der Waals surface area contributed by atoms with E-state index in [0.29, 0.717) is 5.92 Å². The summed E-state index contributed by atoms with van der Waals surface area (Å²) in [6.07, 6.45) is 2.34. The number of rotatable bonds is 5. The first-order valence-corrected chi connectivity index (χ1v) is 7.94. The molecule has 2 atom stereocenters. The van der Waals surface area contributed by atoms with Gasteiger partial charge in [0.15, 0.2) is 5.78 Å². The molecule has 20 heavy (non-hydrogen) atoms. The number of nitrogens with zero attached hydrogens (tertiary/aromatic N) is 1. The highest BCUT2D eigenvalue weighted by atomic mass is 79.9. The predicted molar refractivity (Wildman–Crippen MR) is 84.1 cm³/mol. The first kappa shape index (κ1) is 15.7. The molecule has 2 unspecified atom stereocenters. The summed E-state index contributed by atoms with van der Waals surface area (Å²) in [6.45, 7) is 4.76. The Kier molecular flexibility index (Phi) is 5.75. The van der Waals surface area contributed by atoms with Crippen molar-refractivity contribution in [3.8, 4) is 0 Å². The van der Waals surface area contributed by atoms with Gasteiger partial charge < -0.3 is 4.74 Å². The molecule has 3 nitrogen and oxygen atoms in total. The molecule has 1 heterocycles. The molecular formula is C16H22BrNO2. The summed E-state index contributed by atoms with van der Waals surface area (Å²) in [5.74, 6) is 0.754. The summed E-state index contributed by atoms with van der Waals surface area (Å²) in [4.78, 5) is 14.8. The first-order valence-electron chi connectivity index (χ1n) is 7.14. The zero-order valence-corrected chi connectivity index (χ0v) is 13.7. The molecule has 110 valence electrons. The second-order valence-electron chi connectivity index (χ2n) is 5.51. The number of ether oxygens (including phenoxy) is 1. The van der Waals surface area contributed by atoms with Crippen LogP contribution >= 0.6 is 15.9 Å². The van der Waals surface area contributed by atoms with Crippen LogP contribution in [0.3, 0.4) is 0 Å². The van der Waals surface area contributed by atoms with Gasteiger partial charge in [0.05, 0.1) is 12.6 Å². The van der Waals surface area contributed by atoms with Crippen LogP contribution in [0.4, 0.5) is 0 Å². The van der Waals surface area contributed by atoms with Crippen LogP contribution in [0.2, 0.25) is 0 Å². The Morgan fingerprint density at radius 1 is 1.45 bits per heavy atom. The molecule has 0 radical (unpaired) electrons. The van der Waals surface area contributed by atoms with Gasteiger partial charge in [-0.1, -0.05) is 28.1 Å². The number of piperidine rings is 1. The van der Waals surface area contributed by atoms with Crippen molar-refractivity contribution in [1.82, 2.24) is 4.90 Å². The van der Waals surface area contributed by atoms with Crippen molar-refractivity contribution in [3.05, 3.63) is 34.3 Å². The van der Waals surface area contributed by atoms with E-state index in [4.69, 9.17) is 4.74 Å². The van der Waals surface area contributed by atoms with Gasteiger partial charge in [-0.2, -0.15) is 0 Å². The van der Waals surface area contributed by atoms with Crippen LogP contribution < -0.4 is 0 Å². The van der Waals surface area contributed by atoms with Crippen molar-refractivity contribution in [3.63, 3.8) is 0 Å². The number of carbonyl (C=O) groups excluding carboxylic acids is 1. The maximum absolute atomic E-state index is 12.5. The molecule has 0 amide bonds. The maximum Gasteiger partial charge on any atom is 0.179 e. The fraction of sp³-hybridized carbons (Fsp3) is 0.562. The molecule has 1 aromatic carbocycles. The van der Waals surface area contributed by atoms with Gasteiger partial charge in [-0.15, -0.1) is 0 Å². The summed E-state index contributed by atoms with van der Waals surface area (Å²) in [7, 11) is 1.75. The van der Waals surface area contributed by atoms with E-state index in [1.807, 2.05) is 31.2 Å². The third-order valence-corrected chi connectivity index (χ3v) is 4.54. The Balaban J connectivity index is 2.00. The number of hydrogen-bond donors (Lipinski definition) is 0. The van der Waals surface area contributed by atoms with E-state index in [0.717, 1.165) is 36.2 Å². The highest BCUT2D eigenvalue weighted by Gasteiger charge is 2.27. The lowest BCUT2D eigenvalue weighted by molar-refractivity contribution is 0.0595. The van der Waals surface area contributed by atoms with Gasteiger partial charge >= 0.3 is 0 Å². The van der Waals surface area contributed by atoms with Gasteiger partial charge in [0.1, 0.15) is 0 Å². The minimum absolute atomic E-state index is 0.0594. The average Bonchev–Trinajstić information content (AvgIpc) is 2.47. The first-order chi connectivity index (χ1) is 9.61. The number of carbonyl (C=O) groups is 1. The highest BCUT2D eigenvalue weighted by molar-refractivity contribution is 9.10. The molecule has 2 rings (SSSR count). The van der Waals surface area contributed by atoms with Gasteiger partial charge in [0.2, 0.25) is 0 Å². The van der Waals surface area contributed by atoms with Crippen LogP contribution in [0, 0.1) is 5.92 Å². The van der Waals surface area contributed by atoms with Crippen molar-refractivity contribution >= 4 is 21.7 Å². The van der Waals surface area contributed by atoms with E-state index < -0.39 is 0 Å². The lowest BCUT2D eigenvalue weighted by atomic mass is 9.95. The van der Waals surface area contributed by atoms with Gasteiger partial charge in [0, 0.05) is 23.7 Å². The second-order valence-corrected chi connectivity index (χ2v) is 6.42. The minimum Gasteiger partial charge on any atom is -0.384 e. The Morgan fingerprint density at radius 3 is 2.80 bits per heavy atom. The molecule has 1 aliphatic rings. The molecule has 0 aliphatic carbocycles. The Bertz CT molecular complexity index is 444. The standard InChI is InChI=1S/C16H22BrNO2/c1-12(16(19)14-5-7-15(17)8-6-14)18-9-3-4-13(10-18)11-20-2/h5-8,12-13H,3-4,9-11H2,1-2H3. The van der Waals surface area contributed by atoms with Gasteiger partial charge in [0.25, 0.3) is 0 Å². The lowest BCUT2D eigenvalue weighted by Gasteiger charge is -2.35. The van der Waals surface area contributed by atoms with E-state index in [1.165, 1.54) is 6.42 Å². The Hall–Kier alpha value is -0.710. The van der Waals surface area contributed by atoms with Crippen LogP contribution in [0.5, 0.6) is 0 Å². The van der Waals surface area contributed by atoms with Gasteiger partial charge in [-0.25, -0.2) is 0 Å². The van der Waals surface area contributed by atoms with E-state index in [2.05, 4.69) is 20.8 Å². The predicted octanol–water partition coefficient (Wildman–Crippen LogP) is 3.38. The molecule has 1 aliphatic heterocycles. The maximum atomic E-state index is 12.5. The van der Waals surface area contributed by atoms with Crippen LogP contribution in [0.25, 0.3) is 0 Å². The Labute approximate surface area is 129 Å². The zero-order valence-electron chi connectivity index (χ0n) is 12.1. The summed E-state index contributed by atoms with van der Waals surface area (Å²) >= 11 is 3.40. The number of halogens is 1. The zero-order chi connectivity index (χ0) is 14.5. The van der Waals surface area contributed by atoms with Crippen LogP contribution in [0.1, 0.15) is 30.1 Å². The number of likely N-dealkylation sites (tertiary alicyclic amines) is 1. The average molecular weight is 340 g/mol. The quantitative estimate of drug-likeness (QED) is 0.770. The molecular weight excluding hydrogens is 318 g/mol. The highest BCUT2D eigenvalue weighted by Crippen LogP contribution is 2.21. The SMILES string of the molecule is COCC1CCCN(C(C)C(=O)c2ccc(Br)cc2)C1. The fourth-order valence-electron chi connectivity index (χ4n) is 2.84. The number of hydrogen-bond acceptors (Lipinski definition) is 3. The number of Topliss-reactive ketones (excluding diaryl/α,β-unsaturated/α-hetero) is 1. The largest absolute Gasteiger partial charge is 0.384 e. The van der Waals surface area contributed by atoms with E-state index in [9.17, 15) is 4.79 Å². The van der Waals surface area contributed by atoms with E-state index >= 15 is 0 Å². The van der Waals surface area contributed by atoms with Crippen LogP contribution in [-0.4, -0.2) is 43.5 Å². The monoisotopic (exact) mass is 339 g/mol. The Morgan fingerprint density at radius 2 is 2.15 bits per heavy atom. The third kappa shape index (κ3) is 3.90. The van der Waals surface area contributed by atoms with Crippen molar-refractivity contribution < 1.29 is 9.53 Å². The summed E-state index contributed by atoms with van der Waals surface area (Å²) < 4.78 is 6.25. The van der Waals surface area contributed by atoms with Gasteiger partial charge in [-0.05, 0) is 44.4 Å². The molecule has 4 heteroatoms. The number of benzene rings is 1. The topological polar surface area (TPSA) is 29.5 Å². The van der Waals surface area contributed by atoms with E-state index in [-0.39, 0.29) is 11.8 Å². The lowest BCUT2D eigenvalue weighted by Crippen LogP contribution is -2.46. The second kappa shape index (κ2) is 7.34. The van der Waals surface area contributed by atoms with Gasteiger partial charge in [-0.3, -0.25) is 9.69 Å². The van der Waals surface area contributed by atoms with Crippen LogP contribution in [0.15, 0.2) is 28.7 Å². The molecule has 1 saturated heterocycles. The summed E-state index contributed by atoms with van der Waals surface area (Å²) in [5.41, 5.74) is 0.787. The molecule has 0 saturated carbocycles. The molecule has 1 aromatic rings. The van der Waals surface area contributed by atoms with Crippen molar-refractivity contribution in [2.75, 3.05) is 26.8 Å². The molecule has 1 fully saturated rings. The molecule has 0 spiro atoms. The number of ketones is 1. The smallest absolute Gasteiger partial charge is 0.179 e. The molecule has 0 N–H and O–H groups in total. The van der Waals surface area contributed by atoms with Crippen molar-refractivity contribution in [2.45, 2.75) is 25.8 Å². The minimum atomic E-state index is -0.0594. The number of methoxy groups -OCH3 is 1. The summed E-state index contributed by atoms with van der Waals surface area (Å²) in [6, 6.07) is 7.56. The van der Waals surface area contributed by atoms with Crippen molar-refractivity contribution in [1.29, 1.82) is 0 Å². The molecule has 0 aromatic heterocycles. The summed E-state index contributed by atoms with van der Waals surface area (Å²) in [5, 5.41) is 0. The van der Waals surface area contributed by atoms with E-state index in [1.54, 1.807) is 7.11 Å². The van der Waals surface area contributed by atoms with Crippen LogP contribution in [-0.2, 0) is 4.74 Å². The molecule has 0 bridgehead atoms. The third-order valence-electron chi connectivity index (χ3n) is 4.01. The fourth-order valence-corrected chi connectivity index (χ4v) is 3.11. The van der Waals surface area contributed by atoms with Crippen molar-refractivity contribution in [2.24, 2.45) is 5.92 Å².